The van der Waals surface area contributed by atoms with Gasteiger partial charge in [0, 0.05) is 6.42 Å². The summed E-state index contributed by atoms with van der Waals surface area (Å²) in [6.07, 6.45) is 2.51. The van der Waals surface area contributed by atoms with Crippen LogP contribution in [0.5, 0.6) is 11.5 Å². The smallest absolute Gasteiger partial charge is 0.338 e. The van der Waals surface area contributed by atoms with Crippen molar-refractivity contribution < 1.29 is 19.0 Å². The molecule has 0 saturated carbocycles. The second-order valence-corrected chi connectivity index (χ2v) is 5.94. The Bertz CT molecular complexity index is 698. The molecular weight excluding hydrogens is 330 g/mol. The molecule has 26 heavy (non-hydrogen) atoms. The van der Waals surface area contributed by atoms with Crippen LogP contribution in [0.25, 0.3) is 0 Å². The van der Waals surface area contributed by atoms with Crippen LogP contribution in [0.15, 0.2) is 42.5 Å². The molecule has 2 aromatic rings. The van der Waals surface area contributed by atoms with E-state index >= 15 is 0 Å². The SMILES string of the molecule is CCCOC(=O)c1ccc(N)c(OCCCOc2ccc(CC)cc2)c1. The third-order valence-corrected chi connectivity index (χ3v) is 3.83. The summed E-state index contributed by atoms with van der Waals surface area (Å²) >= 11 is 0. The fourth-order valence-electron chi connectivity index (χ4n) is 2.32. The average molecular weight is 357 g/mol. The first-order valence-corrected chi connectivity index (χ1v) is 9.05. The maximum absolute atomic E-state index is 11.9. The minimum Gasteiger partial charge on any atom is -0.493 e. The summed E-state index contributed by atoms with van der Waals surface area (Å²) in [4.78, 5) is 11.9. The molecular formula is C21H27NO4. The molecule has 0 unspecified atom stereocenters. The third kappa shape index (κ3) is 5.99. The molecule has 5 nitrogen and oxygen atoms in total. The number of nitrogen functional groups attached to an aromatic ring is 1. The van der Waals surface area contributed by atoms with E-state index in [4.69, 9.17) is 19.9 Å². The fraction of sp³-hybridized carbons (Fsp3) is 0.381. The minimum absolute atomic E-state index is 0.365. The highest BCUT2D eigenvalue weighted by molar-refractivity contribution is 5.90. The topological polar surface area (TPSA) is 70.8 Å². The summed E-state index contributed by atoms with van der Waals surface area (Å²) in [6.45, 7) is 5.47. The van der Waals surface area contributed by atoms with Gasteiger partial charge in [-0.15, -0.1) is 0 Å². The van der Waals surface area contributed by atoms with E-state index < -0.39 is 0 Å². The molecule has 0 radical (unpaired) electrons. The van der Waals surface area contributed by atoms with E-state index in [1.165, 1.54) is 5.56 Å². The van der Waals surface area contributed by atoms with Gasteiger partial charge < -0.3 is 19.9 Å². The summed E-state index contributed by atoms with van der Waals surface area (Å²) in [7, 11) is 0. The summed E-state index contributed by atoms with van der Waals surface area (Å²) in [5.41, 5.74) is 8.13. The van der Waals surface area contributed by atoms with Crippen molar-refractivity contribution in [3.05, 3.63) is 53.6 Å². The highest BCUT2D eigenvalue weighted by Gasteiger charge is 2.10. The molecule has 0 atom stereocenters. The third-order valence-electron chi connectivity index (χ3n) is 3.83. The Morgan fingerprint density at radius 2 is 1.69 bits per heavy atom. The van der Waals surface area contributed by atoms with Gasteiger partial charge >= 0.3 is 5.97 Å². The molecule has 2 N–H and O–H groups in total. The van der Waals surface area contributed by atoms with Gasteiger partial charge in [0.15, 0.2) is 0 Å². The van der Waals surface area contributed by atoms with Crippen molar-refractivity contribution >= 4 is 11.7 Å². The highest BCUT2D eigenvalue weighted by atomic mass is 16.5. The number of anilines is 1. The van der Waals surface area contributed by atoms with E-state index in [-0.39, 0.29) is 5.97 Å². The van der Waals surface area contributed by atoms with Gasteiger partial charge in [0.25, 0.3) is 0 Å². The zero-order valence-electron chi connectivity index (χ0n) is 15.5. The van der Waals surface area contributed by atoms with Crippen LogP contribution in [-0.2, 0) is 11.2 Å². The van der Waals surface area contributed by atoms with E-state index in [1.807, 2.05) is 19.1 Å². The maximum atomic E-state index is 11.9. The number of carbonyl (C=O) groups is 1. The van der Waals surface area contributed by atoms with Gasteiger partial charge in [0.05, 0.1) is 31.1 Å². The zero-order valence-corrected chi connectivity index (χ0v) is 15.5. The van der Waals surface area contributed by atoms with Crippen molar-refractivity contribution in [2.75, 3.05) is 25.6 Å². The average Bonchev–Trinajstić information content (AvgIpc) is 2.67. The van der Waals surface area contributed by atoms with Crippen LogP contribution in [0.3, 0.4) is 0 Å². The predicted octanol–water partition coefficient (Wildman–Crippen LogP) is 4.25. The van der Waals surface area contributed by atoms with Crippen molar-refractivity contribution in [2.24, 2.45) is 0 Å². The molecule has 0 aliphatic heterocycles. The Morgan fingerprint density at radius 1 is 0.962 bits per heavy atom. The molecule has 5 heteroatoms. The Labute approximate surface area is 155 Å². The molecule has 0 fully saturated rings. The van der Waals surface area contributed by atoms with Gasteiger partial charge in [-0.05, 0) is 48.7 Å². The van der Waals surface area contributed by atoms with Crippen molar-refractivity contribution in [2.45, 2.75) is 33.1 Å². The van der Waals surface area contributed by atoms with Crippen molar-refractivity contribution in [1.82, 2.24) is 0 Å². The first-order chi connectivity index (χ1) is 12.6. The molecule has 2 aromatic carbocycles. The number of nitrogens with two attached hydrogens (primary N) is 1. The quantitative estimate of drug-likeness (QED) is 0.391. The number of ether oxygens (including phenoxy) is 3. The molecule has 2 rings (SSSR count). The lowest BCUT2D eigenvalue weighted by molar-refractivity contribution is 0.0504. The van der Waals surface area contributed by atoms with Gasteiger partial charge in [-0.1, -0.05) is 26.0 Å². The number of benzene rings is 2. The number of rotatable bonds is 10. The van der Waals surface area contributed by atoms with Crippen molar-refractivity contribution in [3.8, 4) is 11.5 Å². The minimum atomic E-state index is -0.365. The van der Waals surface area contributed by atoms with Crippen LogP contribution < -0.4 is 15.2 Å². The van der Waals surface area contributed by atoms with Gasteiger partial charge in [-0.3, -0.25) is 0 Å². The monoisotopic (exact) mass is 357 g/mol. The Hall–Kier alpha value is -2.69. The van der Waals surface area contributed by atoms with E-state index in [0.717, 1.165) is 18.6 Å². The lowest BCUT2D eigenvalue weighted by Crippen LogP contribution is -2.09. The summed E-state index contributed by atoms with van der Waals surface area (Å²) in [5, 5.41) is 0. The van der Waals surface area contributed by atoms with E-state index in [9.17, 15) is 4.79 Å². The molecule has 0 spiro atoms. The van der Waals surface area contributed by atoms with Gasteiger partial charge in [0.1, 0.15) is 11.5 Å². The molecule has 0 heterocycles. The maximum Gasteiger partial charge on any atom is 0.338 e. The van der Waals surface area contributed by atoms with Crippen LogP contribution in [0, 0.1) is 0 Å². The molecule has 0 amide bonds. The number of hydrogen-bond acceptors (Lipinski definition) is 5. The van der Waals surface area contributed by atoms with E-state index in [0.29, 0.717) is 43.2 Å². The fourth-order valence-corrected chi connectivity index (χ4v) is 2.32. The van der Waals surface area contributed by atoms with Crippen molar-refractivity contribution in [1.29, 1.82) is 0 Å². The lowest BCUT2D eigenvalue weighted by Gasteiger charge is -2.11. The van der Waals surface area contributed by atoms with Crippen LogP contribution in [0.2, 0.25) is 0 Å². The van der Waals surface area contributed by atoms with Crippen molar-refractivity contribution in [3.63, 3.8) is 0 Å². The largest absolute Gasteiger partial charge is 0.493 e. The van der Waals surface area contributed by atoms with Gasteiger partial charge in [-0.25, -0.2) is 4.79 Å². The second kappa shape index (κ2) is 10.3. The Balaban J connectivity index is 1.78. The first kappa shape index (κ1) is 19.6. The van der Waals surface area contributed by atoms with E-state index in [2.05, 4.69) is 19.1 Å². The standard InChI is InChI=1S/C21H27NO4/c1-3-12-26-21(23)17-8-11-19(22)20(15-17)25-14-5-13-24-18-9-6-16(4-2)7-10-18/h6-11,15H,3-5,12-14,22H2,1-2H3. The molecule has 0 aliphatic rings. The Kier molecular flexibility index (Phi) is 7.80. The highest BCUT2D eigenvalue weighted by Crippen LogP contribution is 2.23. The Morgan fingerprint density at radius 3 is 2.38 bits per heavy atom. The molecule has 140 valence electrons. The zero-order chi connectivity index (χ0) is 18.8. The number of carbonyl (C=O) groups excluding carboxylic acids is 1. The van der Waals surface area contributed by atoms with Crippen LogP contribution in [-0.4, -0.2) is 25.8 Å². The normalized spacial score (nSPS) is 10.4. The summed E-state index contributed by atoms with van der Waals surface area (Å²) in [6, 6.07) is 13.0. The number of esters is 1. The van der Waals surface area contributed by atoms with Gasteiger partial charge in [0.2, 0.25) is 0 Å². The second-order valence-electron chi connectivity index (χ2n) is 5.94. The van der Waals surface area contributed by atoms with Gasteiger partial charge in [-0.2, -0.15) is 0 Å². The molecule has 0 aliphatic carbocycles. The van der Waals surface area contributed by atoms with Crippen LogP contribution in [0.1, 0.15) is 42.6 Å². The summed E-state index contributed by atoms with van der Waals surface area (Å²) < 4.78 is 16.5. The molecule has 0 aromatic heterocycles. The number of aryl methyl sites for hydroxylation is 1. The first-order valence-electron chi connectivity index (χ1n) is 9.05. The molecule has 0 saturated heterocycles. The number of hydrogen-bond donors (Lipinski definition) is 1. The van der Waals surface area contributed by atoms with E-state index in [1.54, 1.807) is 18.2 Å². The van der Waals surface area contributed by atoms with Crippen LogP contribution in [0.4, 0.5) is 5.69 Å². The summed E-state index contributed by atoms with van der Waals surface area (Å²) in [5.74, 6) is 0.973. The van der Waals surface area contributed by atoms with Crippen LogP contribution >= 0.6 is 0 Å². The predicted molar refractivity (Wildman–Crippen MR) is 103 cm³/mol. The lowest BCUT2D eigenvalue weighted by atomic mass is 10.2. The molecule has 0 bridgehead atoms.